The lowest BCUT2D eigenvalue weighted by Crippen LogP contribution is -2.16. The van der Waals surface area contributed by atoms with Gasteiger partial charge >= 0.3 is 0 Å². The molecule has 0 radical (unpaired) electrons. The molecule has 7 aromatic carbocycles. The van der Waals surface area contributed by atoms with Gasteiger partial charge in [0.2, 0.25) is 0 Å². The van der Waals surface area contributed by atoms with Crippen molar-refractivity contribution in [3.8, 4) is 22.3 Å². The average Bonchev–Trinajstić information content (AvgIpc) is 3.85. The highest BCUT2D eigenvalue weighted by Gasteiger charge is 2.39. The molecule has 2 heteroatoms. The summed E-state index contributed by atoms with van der Waals surface area (Å²) in [6.45, 7) is 25.7. The van der Waals surface area contributed by atoms with Gasteiger partial charge in [0.1, 0.15) is 0 Å². The number of thiophene rings is 1. The van der Waals surface area contributed by atoms with Crippen LogP contribution in [-0.4, -0.2) is 0 Å². The minimum absolute atomic E-state index is 0.00668. The van der Waals surface area contributed by atoms with Crippen LogP contribution in [-0.2, 0) is 21.7 Å². The summed E-state index contributed by atoms with van der Waals surface area (Å²) < 4.78 is 1.36. The fraction of sp³-hybridized carbons (Fsp3) is 0.267. The molecule has 1 atom stereocenters. The van der Waals surface area contributed by atoms with E-state index < -0.39 is 0 Å². The van der Waals surface area contributed by atoms with Gasteiger partial charge in [0.15, 0.2) is 0 Å². The van der Waals surface area contributed by atoms with Crippen molar-refractivity contribution in [2.75, 3.05) is 4.90 Å². The van der Waals surface area contributed by atoms with E-state index in [0.717, 1.165) is 0 Å². The third kappa shape index (κ3) is 6.16. The molecule has 0 amide bonds. The van der Waals surface area contributed by atoms with Gasteiger partial charge in [-0.2, -0.15) is 0 Å². The monoisotopic (exact) mass is 825 g/mol. The Labute approximate surface area is 374 Å². The Hall–Kier alpha value is -5.70. The number of nitrogens with zero attached hydrogens (tertiary/aromatic N) is 1. The standard InChI is InChI=1S/C60H59NS/c1-37-42(53(38-26-28-39(29-27-38)57(2,3)4)46-21-16-24-49-54(46)43-18-12-14-22-47(43)59(49,8)9)20-17-25-51(37)61(41-32-30-40(31-33-41)58(5,6)7)52-36-62-56-45(52)34-35-50-55(56)44-19-13-15-23-48(44)60(50,10)11/h12-36,53H,1-11H3. The molecular formula is C60H59NS. The highest BCUT2D eigenvalue weighted by molar-refractivity contribution is 7.18. The van der Waals surface area contributed by atoms with Crippen molar-refractivity contribution < 1.29 is 0 Å². The van der Waals surface area contributed by atoms with Crippen molar-refractivity contribution >= 4 is 38.5 Å². The molecule has 1 nitrogen and oxygen atoms in total. The third-order valence-corrected chi connectivity index (χ3v) is 15.5. The zero-order chi connectivity index (χ0) is 43.5. The molecule has 0 spiro atoms. The molecule has 1 heterocycles. The molecule has 0 N–H and O–H groups in total. The Bertz CT molecular complexity index is 3030. The van der Waals surface area contributed by atoms with E-state index >= 15 is 0 Å². The largest absolute Gasteiger partial charge is 0.309 e. The van der Waals surface area contributed by atoms with Gasteiger partial charge in [-0.05, 0) is 108 Å². The Morgan fingerprint density at radius 2 is 1.00 bits per heavy atom. The summed E-state index contributed by atoms with van der Waals surface area (Å²) in [6.07, 6.45) is 0. The van der Waals surface area contributed by atoms with Crippen molar-refractivity contribution in [1.82, 2.24) is 0 Å². The van der Waals surface area contributed by atoms with E-state index in [2.05, 4.69) is 232 Å². The van der Waals surface area contributed by atoms with Crippen molar-refractivity contribution in [3.05, 3.63) is 207 Å². The van der Waals surface area contributed by atoms with E-state index in [1.165, 1.54) is 105 Å². The van der Waals surface area contributed by atoms with Gasteiger partial charge in [0.25, 0.3) is 0 Å². The molecule has 8 aromatic rings. The Balaban J connectivity index is 1.21. The molecular weight excluding hydrogens is 767 g/mol. The van der Waals surface area contributed by atoms with E-state index in [-0.39, 0.29) is 27.6 Å². The lowest BCUT2D eigenvalue weighted by Gasteiger charge is -2.31. The SMILES string of the molecule is Cc1c(C(c2ccc(C(C)(C)C)cc2)c2cccc3c2-c2ccccc2C3(C)C)cccc1N(c1ccc(C(C)(C)C)cc1)c1csc2c3c(ccc12)C(C)(C)c1ccccc1-3. The maximum absolute atomic E-state index is 2.55. The Kier molecular flexibility index (Phi) is 9.22. The van der Waals surface area contributed by atoms with Crippen molar-refractivity contribution in [2.24, 2.45) is 0 Å². The van der Waals surface area contributed by atoms with Gasteiger partial charge in [-0.3, -0.25) is 0 Å². The lowest BCUT2D eigenvalue weighted by molar-refractivity contribution is 0.590. The minimum atomic E-state index is -0.0919. The van der Waals surface area contributed by atoms with Gasteiger partial charge in [-0.1, -0.05) is 197 Å². The van der Waals surface area contributed by atoms with E-state index in [1.54, 1.807) is 0 Å². The molecule has 2 aliphatic rings. The van der Waals surface area contributed by atoms with Crippen LogP contribution in [0.3, 0.4) is 0 Å². The summed E-state index contributed by atoms with van der Waals surface area (Å²) in [4.78, 5) is 2.55. The van der Waals surface area contributed by atoms with Crippen LogP contribution >= 0.6 is 11.3 Å². The first kappa shape index (κ1) is 40.4. The number of anilines is 3. The van der Waals surface area contributed by atoms with Gasteiger partial charge in [0, 0.05) is 49.2 Å². The van der Waals surface area contributed by atoms with Crippen LogP contribution in [0.15, 0.2) is 151 Å². The second-order valence-corrected chi connectivity index (χ2v) is 21.9. The van der Waals surface area contributed by atoms with Crippen LogP contribution < -0.4 is 4.90 Å². The number of hydrogen-bond donors (Lipinski definition) is 0. The molecule has 0 aliphatic heterocycles. The third-order valence-electron chi connectivity index (χ3n) is 14.5. The topological polar surface area (TPSA) is 3.24 Å². The molecule has 0 saturated carbocycles. The summed E-state index contributed by atoms with van der Waals surface area (Å²) in [7, 11) is 0. The smallest absolute Gasteiger partial charge is 0.0647 e. The van der Waals surface area contributed by atoms with Gasteiger partial charge in [-0.25, -0.2) is 0 Å². The summed E-state index contributed by atoms with van der Waals surface area (Å²) >= 11 is 1.89. The molecule has 0 saturated heterocycles. The first-order chi connectivity index (χ1) is 29.5. The Morgan fingerprint density at radius 3 is 1.61 bits per heavy atom. The van der Waals surface area contributed by atoms with E-state index in [4.69, 9.17) is 0 Å². The molecule has 62 heavy (non-hydrogen) atoms. The summed E-state index contributed by atoms with van der Waals surface area (Å²) in [5.41, 5.74) is 22.7. The molecule has 1 aromatic heterocycles. The average molecular weight is 826 g/mol. The predicted octanol–water partition coefficient (Wildman–Crippen LogP) is 17.1. The molecule has 1 unspecified atom stereocenters. The number of rotatable bonds is 6. The van der Waals surface area contributed by atoms with Gasteiger partial charge in [0.05, 0.1) is 5.69 Å². The first-order valence-electron chi connectivity index (χ1n) is 22.5. The second-order valence-electron chi connectivity index (χ2n) is 21.0. The van der Waals surface area contributed by atoms with Crippen molar-refractivity contribution in [3.63, 3.8) is 0 Å². The fourth-order valence-electron chi connectivity index (χ4n) is 10.9. The zero-order valence-corrected chi connectivity index (χ0v) is 39.2. The quantitative estimate of drug-likeness (QED) is 0.151. The summed E-state index contributed by atoms with van der Waals surface area (Å²) in [5.74, 6) is 0.00668. The maximum Gasteiger partial charge on any atom is 0.0647 e. The van der Waals surface area contributed by atoms with Crippen LogP contribution in [0.25, 0.3) is 32.3 Å². The van der Waals surface area contributed by atoms with Crippen LogP contribution in [0.5, 0.6) is 0 Å². The van der Waals surface area contributed by atoms with E-state index in [0.29, 0.717) is 0 Å². The number of hydrogen-bond acceptors (Lipinski definition) is 2. The summed E-state index contributed by atoms with van der Waals surface area (Å²) in [5, 5.41) is 3.70. The summed E-state index contributed by atoms with van der Waals surface area (Å²) in [6, 6.07) is 55.9. The van der Waals surface area contributed by atoms with Crippen LogP contribution in [0, 0.1) is 6.92 Å². The number of benzene rings is 7. The van der Waals surface area contributed by atoms with Crippen LogP contribution in [0.2, 0.25) is 0 Å². The molecule has 310 valence electrons. The van der Waals surface area contributed by atoms with Gasteiger partial charge < -0.3 is 4.90 Å². The highest BCUT2D eigenvalue weighted by atomic mass is 32.1. The zero-order valence-electron chi connectivity index (χ0n) is 38.4. The normalized spacial score (nSPS) is 15.2. The Morgan fingerprint density at radius 1 is 0.484 bits per heavy atom. The van der Waals surface area contributed by atoms with Gasteiger partial charge in [-0.15, -0.1) is 11.3 Å². The van der Waals surface area contributed by atoms with Crippen LogP contribution in [0.4, 0.5) is 17.1 Å². The van der Waals surface area contributed by atoms with E-state index in [9.17, 15) is 0 Å². The predicted molar refractivity (Wildman–Crippen MR) is 268 cm³/mol. The highest BCUT2D eigenvalue weighted by Crippen LogP contribution is 2.56. The maximum atomic E-state index is 2.55. The lowest BCUT2D eigenvalue weighted by atomic mass is 9.77. The molecule has 0 bridgehead atoms. The van der Waals surface area contributed by atoms with Crippen molar-refractivity contribution in [1.29, 1.82) is 0 Å². The molecule has 2 aliphatic carbocycles. The first-order valence-corrected chi connectivity index (χ1v) is 23.3. The van der Waals surface area contributed by atoms with Crippen LogP contribution in [0.1, 0.15) is 131 Å². The molecule has 10 rings (SSSR count). The second kappa shape index (κ2) is 14.2. The van der Waals surface area contributed by atoms with E-state index in [1.807, 2.05) is 11.3 Å². The van der Waals surface area contributed by atoms with Crippen molar-refractivity contribution in [2.45, 2.75) is 104 Å². The molecule has 0 fully saturated rings. The minimum Gasteiger partial charge on any atom is -0.309 e. The number of fused-ring (bicyclic) bond motifs is 8. The fourth-order valence-corrected chi connectivity index (χ4v) is 12.0.